The van der Waals surface area contributed by atoms with Gasteiger partial charge in [-0.1, -0.05) is 37.5 Å². The van der Waals surface area contributed by atoms with E-state index in [1.807, 2.05) is 41.9 Å². The van der Waals surface area contributed by atoms with Crippen molar-refractivity contribution in [2.24, 2.45) is 0 Å². The van der Waals surface area contributed by atoms with Gasteiger partial charge in [-0.2, -0.15) is 0 Å². The van der Waals surface area contributed by atoms with E-state index < -0.39 is 0 Å². The van der Waals surface area contributed by atoms with Crippen LogP contribution >= 0.6 is 11.3 Å². The van der Waals surface area contributed by atoms with Gasteiger partial charge in [0.15, 0.2) is 0 Å². The summed E-state index contributed by atoms with van der Waals surface area (Å²) >= 11 is 1.65. The number of thiophene rings is 1. The van der Waals surface area contributed by atoms with Crippen molar-refractivity contribution in [3.63, 3.8) is 0 Å². The highest BCUT2D eigenvalue weighted by molar-refractivity contribution is 7.10. The minimum absolute atomic E-state index is 0.217. The summed E-state index contributed by atoms with van der Waals surface area (Å²) in [5.41, 5.74) is 2.18. The molecular formula is C24H27FN2OS. The Kier molecular flexibility index (Phi) is 6.45. The molecule has 3 aromatic rings. The van der Waals surface area contributed by atoms with Gasteiger partial charge in [0.1, 0.15) is 5.82 Å². The highest BCUT2D eigenvalue weighted by Gasteiger charge is 2.26. The molecule has 0 atom stereocenters. The number of carbonyl (C=O) groups excluding carboxylic acids is 1. The van der Waals surface area contributed by atoms with Crippen LogP contribution in [0.1, 0.15) is 48.2 Å². The molecule has 2 heterocycles. The van der Waals surface area contributed by atoms with Crippen molar-refractivity contribution in [2.75, 3.05) is 0 Å². The van der Waals surface area contributed by atoms with E-state index in [4.69, 9.17) is 0 Å². The van der Waals surface area contributed by atoms with Crippen LogP contribution < -0.4 is 0 Å². The van der Waals surface area contributed by atoms with Crippen LogP contribution in [-0.2, 0) is 24.3 Å². The third-order valence-electron chi connectivity index (χ3n) is 5.76. The Labute approximate surface area is 175 Å². The standard InChI is InChI=1S/C24H27FN2OS/c25-20-12-10-19(11-13-20)17-26-14-4-8-22(26)18-27(21-6-2-1-3-7-21)24(28)16-23-9-5-15-29-23/h4-5,8-15,21H,1-3,6-7,16-18H2. The van der Waals surface area contributed by atoms with Gasteiger partial charge in [-0.3, -0.25) is 4.79 Å². The van der Waals surface area contributed by atoms with Crippen LogP contribution in [0.15, 0.2) is 60.1 Å². The highest BCUT2D eigenvalue weighted by Crippen LogP contribution is 2.26. The van der Waals surface area contributed by atoms with Gasteiger partial charge in [0.2, 0.25) is 5.91 Å². The van der Waals surface area contributed by atoms with Gasteiger partial charge in [0.05, 0.1) is 13.0 Å². The van der Waals surface area contributed by atoms with Crippen molar-refractivity contribution in [3.8, 4) is 0 Å². The maximum atomic E-state index is 13.2. The summed E-state index contributed by atoms with van der Waals surface area (Å²) in [5, 5.41) is 2.03. The molecule has 1 aromatic carbocycles. The van der Waals surface area contributed by atoms with E-state index >= 15 is 0 Å². The van der Waals surface area contributed by atoms with Gasteiger partial charge in [-0.15, -0.1) is 11.3 Å². The van der Waals surface area contributed by atoms with Gasteiger partial charge in [-0.05, 0) is 54.1 Å². The highest BCUT2D eigenvalue weighted by atomic mass is 32.1. The van der Waals surface area contributed by atoms with E-state index in [0.717, 1.165) is 29.0 Å². The fraction of sp³-hybridized carbons (Fsp3) is 0.375. The van der Waals surface area contributed by atoms with E-state index in [1.165, 1.54) is 31.4 Å². The quantitative estimate of drug-likeness (QED) is 0.495. The third kappa shape index (κ3) is 5.15. The number of hydrogen-bond acceptors (Lipinski definition) is 2. The molecule has 1 aliphatic carbocycles. The van der Waals surface area contributed by atoms with Crippen molar-refractivity contribution in [1.82, 2.24) is 9.47 Å². The number of aromatic nitrogens is 1. The van der Waals surface area contributed by atoms with Crippen LogP contribution in [-0.4, -0.2) is 21.4 Å². The van der Waals surface area contributed by atoms with Crippen molar-refractivity contribution >= 4 is 17.2 Å². The number of nitrogens with zero attached hydrogens (tertiary/aromatic N) is 2. The molecular weight excluding hydrogens is 383 g/mol. The lowest BCUT2D eigenvalue weighted by Gasteiger charge is -2.35. The lowest BCUT2D eigenvalue weighted by atomic mass is 9.93. The first kappa shape index (κ1) is 19.9. The van der Waals surface area contributed by atoms with Crippen LogP contribution in [0.5, 0.6) is 0 Å². The molecule has 1 aliphatic rings. The van der Waals surface area contributed by atoms with Crippen molar-refractivity contribution in [1.29, 1.82) is 0 Å². The average Bonchev–Trinajstić information content (AvgIpc) is 3.40. The molecule has 29 heavy (non-hydrogen) atoms. The summed E-state index contributed by atoms with van der Waals surface area (Å²) in [6.45, 7) is 1.31. The molecule has 152 valence electrons. The maximum Gasteiger partial charge on any atom is 0.228 e. The zero-order valence-electron chi connectivity index (χ0n) is 16.6. The van der Waals surface area contributed by atoms with Gasteiger partial charge < -0.3 is 9.47 Å². The molecule has 5 heteroatoms. The monoisotopic (exact) mass is 410 g/mol. The Balaban J connectivity index is 1.52. The first-order valence-electron chi connectivity index (χ1n) is 10.4. The molecule has 0 radical (unpaired) electrons. The van der Waals surface area contributed by atoms with Crippen molar-refractivity contribution < 1.29 is 9.18 Å². The molecule has 0 spiro atoms. The zero-order chi connectivity index (χ0) is 20.1. The summed E-state index contributed by atoms with van der Waals surface area (Å²) < 4.78 is 15.4. The first-order chi connectivity index (χ1) is 14.2. The molecule has 0 saturated heterocycles. The van der Waals surface area contributed by atoms with Gasteiger partial charge in [-0.25, -0.2) is 4.39 Å². The summed E-state index contributed by atoms with van der Waals surface area (Å²) in [6, 6.07) is 15.1. The summed E-state index contributed by atoms with van der Waals surface area (Å²) in [7, 11) is 0. The van der Waals surface area contributed by atoms with E-state index in [0.29, 0.717) is 25.6 Å². The largest absolute Gasteiger partial charge is 0.345 e. The topological polar surface area (TPSA) is 25.2 Å². The van der Waals surface area contributed by atoms with E-state index in [-0.39, 0.29) is 11.7 Å². The number of benzene rings is 1. The SMILES string of the molecule is O=C(Cc1cccs1)N(Cc1cccn1Cc1ccc(F)cc1)C1CCCCC1. The van der Waals surface area contributed by atoms with Crippen molar-refractivity contribution in [2.45, 2.75) is 57.7 Å². The fourth-order valence-electron chi connectivity index (χ4n) is 4.19. The molecule has 1 fully saturated rings. The van der Waals surface area contributed by atoms with E-state index in [2.05, 4.69) is 15.5 Å². The maximum absolute atomic E-state index is 13.2. The number of rotatable bonds is 7. The molecule has 1 saturated carbocycles. The summed E-state index contributed by atoms with van der Waals surface area (Å²) in [5.74, 6) is -0.00184. The lowest BCUT2D eigenvalue weighted by molar-refractivity contribution is -0.134. The minimum atomic E-state index is -0.218. The molecule has 3 nitrogen and oxygen atoms in total. The van der Waals surface area contributed by atoms with Gasteiger partial charge >= 0.3 is 0 Å². The third-order valence-corrected chi connectivity index (χ3v) is 6.64. The Bertz CT molecular complexity index is 911. The van der Waals surface area contributed by atoms with Crippen LogP contribution in [0.3, 0.4) is 0 Å². The Morgan fingerprint density at radius 1 is 1.07 bits per heavy atom. The normalized spacial score (nSPS) is 14.8. The van der Waals surface area contributed by atoms with E-state index in [1.54, 1.807) is 11.3 Å². The molecule has 0 unspecified atom stereocenters. The minimum Gasteiger partial charge on any atom is -0.345 e. The number of amides is 1. The smallest absolute Gasteiger partial charge is 0.228 e. The number of carbonyl (C=O) groups is 1. The second kappa shape index (κ2) is 9.40. The van der Waals surface area contributed by atoms with Crippen LogP contribution in [0.4, 0.5) is 4.39 Å². The second-order valence-corrected chi connectivity index (χ2v) is 8.86. The van der Waals surface area contributed by atoms with Crippen LogP contribution in [0, 0.1) is 5.82 Å². The predicted octanol–water partition coefficient (Wildman–Crippen LogP) is 5.64. The lowest BCUT2D eigenvalue weighted by Crippen LogP contribution is -2.42. The fourth-order valence-corrected chi connectivity index (χ4v) is 4.88. The number of halogens is 1. The molecule has 1 amide bonds. The average molecular weight is 411 g/mol. The zero-order valence-corrected chi connectivity index (χ0v) is 17.4. The Morgan fingerprint density at radius 2 is 1.86 bits per heavy atom. The number of hydrogen-bond donors (Lipinski definition) is 0. The van der Waals surface area contributed by atoms with E-state index in [9.17, 15) is 9.18 Å². The Morgan fingerprint density at radius 3 is 2.59 bits per heavy atom. The van der Waals surface area contributed by atoms with Gasteiger partial charge in [0.25, 0.3) is 0 Å². The first-order valence-corrected chi connectivity index (χ1v) is 11.3. The molecule has 0 N–H and O–H groups in total. The van der Waals surface area contributed by atoms with Crippen LogP contribution in [0.2, 0.25) is 0 Å². The second-order valence-electron chi connectivity index (χ2n) is 7.82. The van der Waals surface area contributed by atoms with Crippen LogP contribution in [0.25, 0.3) is 0 Å². The van der Waals surface area contributed by atoms with Gasteiger partial charge in [0, 0.05) is 29.4 Å². The predicted molar refractivity (Wildman–Crippen MR) is 115 cm³/mol. The molecule has 0 bridgehead atoms. The molecule has 0 aliphatic heterocycles. The molecule has 2 aromatic heterocycles. The summed E-state index contributed by atoms with van der Waals surface area (Å²) in [4.78, 5) is 16.5. The Hall–Kier alpha value is -2.40. The van der Waals surface area contributed by atoms with Crippen molar-refractivity contribution in [3.05, 3.63) is 82.1 Å². The summed E-state index contributed by atoms with van der Waals surface area (Å²) in [6.07, 6.45) is 8.37. The molecule has 4 rings (SSSR count).